The lowest BCUT2D eigenvalue weighted by Gasteiger charge is -2.10. The lowest BCUT2D eigenvalue weighted by atomic mass is 10.1. The third kappa shape index (κ3) is 2.31. The number of benzene rings is 1. The predicted octanol–water partition coefficient (Wildman–Crippen LogP) is 2.44. The molecule has 2 rings (SSSR count). The van der Waals surface area contributed by atoms with Crippen LogP contribution in [0.25, 0.3) is 0 Å². The molecule has 3 nitrogen and oxygen atoms in total. The van der Waals surface area contributed by atoms with Crippen molar-refractivity contribution in [1.29, 1.82) is 0 Å². The maximum Gasteiger partial charge on any atom is 0.195 e. The molecular formula is C11H14BrN3. The van der Waals surface area contributed by atoms with Crippen LogP contribution in [0.2, 0.25) is 0 Å². The summed E-state index contributed by atoms with van der Waals surface area (Å²) in [6.45, 7) is 5.96. The van der Waals surface area contributed by atoms with Gasteiger partial charge in [-0.2, -0.15) is 0 Å². The topological polar surface area (TPSA) is 36.4 Å². The van der Waals surface area contributed by atoms with E-state index in [2.05, 4.69) is 57.5 Å². The van der Waals surface area contributed by atoms with Gasteiger partial charge in [0.15, 0.2) is 5.96 Å². The number of anilines is 1. The second kappa shape index (κ2) is 4.23. The van der Waals surface area contributed by atoms with E-state index in [1.54, 1.807) is 0 Å². The first-order chi connectivity index (χ1) is 7.16. The van der Waals surface area contributed by atoms with Crippen molar-refractivity contribution in [2.24, 2.45) is 4.99 Å². The Bertz CT molecular complexity index is 389. The van der Waals surface area contributed by atoms with E-state index in [4.69, 9.17) is 0 Å². The molecule has 1 aliphatic heterocycles. The smallest absolute Gasteiger partial charge is 0.195 e. The highest BCUT2D eigenvalue weighted by molar-refractivity contribution is 9.10. The van der Waals surface area contributed by atoms with Crippen molar-refractivity contribution in [2.45, 2.75) is 13.8 Å². The molecule has 0 atom stereocenters. The standard InChI is InChI=1S/C11H14BrN3/c1-7-5-9(6-8(2)10(7)12)15-11-13-3-4-14-11/h5-6H,3-4H2,1-2H3,(H2,13,14,15). The minimum atomic E-state index is 0.858. The summed E-state index contributed by atoms with van der Waals surface area (Å²) < 4.78 is 1.18. The van der Waals surface area contributed by atoms with E-state index in [1.807, 2.05) is 0 Å². The van der Waals surface area contributed by atoms with Crippen LogP contribution in [-0.2, 0) is 0 Å². The molecule has 0 saturated carbocycles. The number of aryl methyl sites for hydroxylation is 2. The largest absolute Gasteiger partial charge is 0.354 e. The Kier molecular flexibility index (Phi) is 2.95. The van der Waals surface area contributed by atoms with Gasteiger partial charge in [0.2, 0.25) is 0 Å². The van der Waals surface area contributed by atoms with Crippen LogP contribution in [-0.4, -0.2) is 19.0 Å². The van der Waals surface area contributed by atoms with Gasteiger partial charge in [0, 0.05) is 16.7 Å². The maximum atomic E-state index is 4.30. The first-order valence-corrected chi connectivity index (χ1v) is 5.78. The Morgan fingerprint density at radius 1 is 1.33 bits per heavy atom. The SMILES string of the molecule is Cc1cc(NC2=NCCN2)cc(C)c1Br. The second-order valence-electron chi connectivity index (χ2n) is 3.71. The fraction of sp³-hybridized carbons (Fsp3) is 0.364. The summed E-state index contributed by atoms with van der Waals surface area (Å²) in [5.41, 5.74) is 3.55. The first kappa shape index (κ1) is 10.5. The second-order valence-corrected chi connectivity index (χ2v) is 4.50. The molecule has 1 heterocycles. The number of rotatable bonds is 1. The first-order valence-electron chi connectivity index (χ1n) is 4.99. The quantitative estimate of drug-likeness (QED) is 0.820. The highest BCUT2D eigenvalue weighted by Gasteiger charge is 2.07. The van der Waals surface area contributed by atoms with Crippen molar-refractivity contribution >= 4 is 27.6 Å². The van der Waals surface area contributed by atoms with Crippen LogP contribution in [0.5, 0.6) is 0 Å². The van der Waals surface area contributed by atoms with Crippen molar-refractivity contribution in [3.05, 3.63) is 27.7 Å². The highest BCUT2D eigenvalue weighted by Crippen LogP contribution is 2.24. The number of halogens is 1. The Morgan fingerprint density at radius 3 is 2.53 bits per heavy atom. The minimum absolute atomic E-state index is 0.858. The van der Waals surface area contributed by atoms with Crippen LogP contribution in [0.4, 0.5) is 5.69 Å². The summed E-state index contributed by atoms with van der Waals surface area (Å²) in [4.78, 5) is 4.30. The zero-order chi connectivity index (χ0) is 10.8. The predicted molar refractivity (Wildman–Crippen MR) is 67.5 cm³/mol. The van der Waals surface area contributed by atoms with Crippen LogP contribution in [0.15, 0.2) is 21.6 Å². The van der Waals surface area contributed by atoms with Crippen LogP contribution in [0, 0.1) is 13.8 Å². The van der Waals surface area contributed by atoms with Gasteiger partial charge in [0.1, 0.15) is 0 Å². The normalized spacial score (nSPS) is 14.7. The van der Waals surface area contributed by atoms with Gasteiger partial charge in [-0.15, -0.1) is 0 Å². The molecule has 0 bridgehead atoms. The van der Waals surface area contributed by atoms with Crippen molar-refractivity contribution in [1.82, 2.24) is 5.32 Å². The number of hydrogen-bond acceptors (Lipinski definition) is 3. The molecule has 0 spiro atoms. The summed E-state index contributed by atoms with van der Waals surface area (Å²) in [5, 5.41) is 6.45. The van der Waals surface area contributed by atoms with E-state index in [0.29, 0.717) is 0 Å². The molecule has 2 N–H and O–H groups in total. The molecule has 0 aliphatic carbocycles. The Balaban J connectivity index is 2.22. The van der Waals surface area contributed by atoms with Crippen molar-refractivity contribution < 1.29 is 0 Å². The summed E-state index contributed by atoms with van der Waals surface area (Å²) in [6, 6.07) is 4.22. The van der Waals surface area contributed by atoms with Gasteiger partial charge in [0.05, 0.1) is 6.54 Å². The Morgan fingerprint density at radius 2 is 2.00 bits per heavy atom. The third-order valence-corrected chi connectivity index (χ3v) is 3.62. The number of guanidine groups is 1. The van der Waals surface area contributed by atoms with Crippen LogP contribution < -0.4 is 10.6 Å². The van der Waals surface area contributed by atoms with Crippen molar-refractivity contribution in [2.75, 3.05) is 18.4 Å². The average Bonchev–Trinajstić information content (AvgIpc) is 2.66. The zero-order valence-corrected chi connectivity index (χ0v) is 10.5. The molecule has 0 aromatic heterocycles. The molecule has 15 heavy (non-hydrogen) atoms. The van der Waals surface area contributed by atoms with Gasteiger partial charge in [-0.3, -0.25) is 4.99 Å². The molecule has 1 aromatic rings. The Hall–Kier alpha value is -1.03. The number of nitrogens with zero attached hydrogens (tertiary/aromatic N) is 1. The number of hydrogen-bond donors (Lipinski definition) is 2. The van der Waals surface area contributed by atoms with E-state index in [1.165, 1.54) is 15.6 Å². The van der Waals surface area contributed by atoms with Gasteiger partial charge < -0.3 is 10.6 Å². The zero-order valence-electron chi connectivity index (χ0n) is 8.89. The summed E-state index contributed by atoms with van der Waals surface area (Å²) in [5.74, 6) is 0.871. The monoisotopic (exact) mass is 267 g/mol. The molecule has 1 aromatic carbocycles. The average molecular weight is 268 g/mol. The fourth-order valence-corrected chi connectivity index (χ4v) is 1.87. The van der Waals surface area contributed by atoms with E-state index >= 15 is 0 Å². The van der Waals surface area contributed by atoms with Gasteiger partial charge in [0.25, 0.3) is 0 Å². The fourth-order valence-electron chi connectivity index (χ4n) is 1.64. The van der Waals surface area contributed by atoms with Crippen molar-refractivity contribution in [3.8, 4) is 0 Å². The lowest BCUT2D eigenvalue weighted by Crippen LogP contribution is -2.26. The molecule has 0 radical (unpaired) electrons. The molecule has 0 amide bonds. The highest BCUT2D eigenvalue weighted by atomic mass is 79.9. The molecule has 1 aliphatic rings. The van der Waals surface area contributed by atoms with E-state index in [0.717, 1.165) is 24.7 Å². The van der Waals surface area contributed by atoms with Crippen LogP contribution >= 0.6 is 15.9 Å². The van der Waals surface area contributed by atoms with E-state index in [-0.39, 0.29) is 0 Å². The van der Waals surface area contributed by atoms with Crippen LogP contribution in [0.3, 0.4) is 0 Å². The van der Waals surface area contributed by atoms with Gasteiger partial charge >= 0.3 is 0 Å². The number of aliphatic imine (C=N–C) groups is 1. The lowest BCUT2D eigenvalue weighted by molar-refractivity contribution is 0.959. The molecule has 0 saturated heterocycles. The molecule has 0 unspecified atom stereocenters. The van der Waals surface area contributed by atoms with Crippen LogP contribution in [0.1, 0.15) is 11.1 Å². The van der Waals surface area contributed by atoms with Gasteiger partial charge in [-0.1, -0.05) is 15.9 Å². The molecule has 0 fully saturated rings. The summed E-state index contributed by atoms with van der Waals surface area (Å²) >= 11 is 3.55. The van der Waals surface area contributed by atoms with Gasteiger partial charge in [-0.25, -0.2) is 0 Å². The Labute approximate surface area is 98.1 Å². The van der Waals surface area contributed by atoms with E-state index < -0.39 is 0 Å². The molecule has 80 valence electrons. The third-order valence-electron chi connectivity index (χ3n) is 2.37. The van der Waals surface area contributed by atoms with Gasteiger partial charge in [-0.05, 0) is 37.1 Å². The molecular weight excluding hydrogens is 254 g/mol. The summed E-state index contributed by atoms with van der Waals surface area (Å²) in [7, 11) is 0. The van der Waals surface area contributed by atoms with E-state index in [9.17, 15) is 0 Å². The molecule has 4 heteroatoms. The minimum Gasteiger partial charge on any atom is -0.354 e. The van der Waals surface area contributed by atoms with Crippen molar-refractivity contribution in [3.63, 3.8) is 0 Å². The number of nitrogens with one attached hydrogen (secondary N) is 2. The summed E-state index contributed by atoms with van der Waals surface area (Å²) in [6.07, 6.45) is 0. The maximum absolute atomic E-state index is 4.30.